The van der Waals surface area contributed by atoms with Gasteiger partial charge in [-0.3, -0.25) is 0 Å². The van der Waals surface area contributed by atoms with Gasteiger partial charge in [0.25, 0.3) is 0 Å². The molecule has 3 aromatic rings. The summed E-state index contributed by atoms with van der Waals surface area (Å²) >= 11 is 0. The van der Waals surface area contributed by atoms with Crippen LogP contribution in [0.4, 0.5) is 4.39 Å². The maximum absolute atomic E-state index is 13.2. The Hall–Kier alpha value is -2.66. The van der Waals surface area contributed by atoms with E-state index in [9.17, 15) is 12.8 Å². The van der Waals surface area contributed by atoms with Crippen LogP contribution < -0.4 is 0 Å². The first kappa shape index (κ1) is 16.8. The maximum Gasteiger partial charge on any atom is 0.243 e. The van der Waals surface area contributed by atoms with Crippen molar-refractivity contribution in [1.29, 1.82) is 0 Å². The number of nitrogens with zero attached hydrogens (tertiary/aromatic N) is 7. The summed E-state index contributed by atoms with van der Waals surface area (Å²) in [6.45, 7) is 2.57. The fourth-order valence-electron chi connectivity index (χ4n) is 2.86. The zero-order valence-electron chi connectivity index (χ0n) is 13.9. The summed E-state index contributed by atoms with van der Waals surface area (Å²) in [6.07, 6.45) is 4.92. The Labute approximate surface area is 149 Å². The Kier molecular flexibility index (Phi) is 4.04. The van der Waals surface area contributed by atoms with Gasteiger partial charge in [0, 0.05) is 13.1 Å². The van der Waals surface area contributed by atoms with Crippen LogP contribution in [-0.2, 0) is 16.6 Å². The Balaban J connectivity index is 1.44. The second kappa shape index (κ2) is 6.25. The molecular weight excluding hydrogens is 361 g/mol. The largest absolute Gasteiger partial charge is 0.246 e. The molecule has 1 aliphatic heterocycles. The second-order valence-electron chi connectivity index (χ2n) is 6.14. The van der Waals surface area contributed by atoms with Gasteiger partial charge in [-0.05, 0) is 30.7 Å². The monoisotopic (exact) mass is 377 g/mol. The van der Waals surface area contributed by atoms with E-state index in [1.807, 2.05) is 0 Å². The number of sulfonamides is 1. The Morgan fingerprint density at radius 2 is 1.96 bits per heavy atom. The average Bonchev–Trinajstić information content (AvgIpc) is 3.18. The van der Waals surface area contributed by atoms with E-state index in [1.165, 1.54) is 21.2 Å². The molecule has 2 aromatic heterocycles. The van der Waals surface area contributed by atoms with E-state index in [-0.39, 0.29) is 10.9 Å². The normalized spacial score (nSPS) is 15.9. The summed E-state index contributed by atoms with van der Waals surface area (Å²) in [6, 6.07) is 3.59. The van der Waals surface area contributed by atoms with E-state index in [4.69, 9.17) is 0 Å². The number of hydrogen-bond acceptors (Lipinski definition) is 6. The minimum atomic E-state index is -3.64. The third-order valence-corrected chi connectivity index (χ3v) is 6.28. The minimum absolute atomic E-state index is 0.0858. The van der Waals surface area contributed by atoms with Gasteiger partial charge in [-0.15, -0.1) is 5.10 Å². The minimum Gasteiger partial charge on any atom is -0.246 e. The van der Waals surface area contributed by atoms with E-state index in [2.05, 4.69) is 20.5 Å². The molecule has 4 rings (SSSR count). The zero-order chi connectivity index (χ0) is 18.3. The highest BCUT2D eigenvalue weighted by Gasteiger charge is 2.39. The maximum atomic E-state index is 13.2. The molecule has 1 saturated heterocycles. The molecule has 1 aromatic carbocycles. The summed E-state index contributed by atoms with van der Waals surface area (Å²) < 4.78 is 41.6. The molecule has 3 heterocycles. The number of benzene rings is 1. The third kappa shape index (κ3) is 2.99. The molecule has 0 spiro atoms. The van der Waals surface area contributed by atoms with Crippen LogP contribution in [0.5, 0.6) is 0 Å². The first-order chi connectivity index (χ1) is 12.4. The molecule has 0 bridgehead atoms. The van der Waals surface area contributed by atoms with Gasteiger partial charge < -0.3 is 0 Å². The Morgan fingerprint density at radius 1 is 1.23 bits per heavy atom. The molecule has 0 aliphatic carbocycles. The third-order valence-electron chi connectivity index (χ3n) is 4.29. The van der Waals surface area contributed by atoms with Gasteiger partial charge >= 0.3 is 0 Å². The molecule has 0 atom stereocenters. The van der Waals surface area contributed by atoms with Crippen LogP contribution in [0.25, 0.3) is 0 Å². The SMILES string of the molecule is Cc1cc(F)ccc1S(=O)(=O)N1CC(n2cc(Cn3nccn3)nn2)C1. The van der Waals surface area contributed by atoms with E-state index in [0.717, 1.165) is 6.07 Å². The van der Waals surface area contributed by atoms with Crippen LogP contribution in [0.1, 0.15) is 17.3 Å². The summed E-state index contributed by atoms with van der Waals surface area (Å²) in [7, 11) is -3.64. The zero-order valence-corrected chi connectivity index (χ0v) is 14.7. The smallest absolute Gasteiger partial charge is 0.243 e. The fraction of sp³-hybridized carbons (Fsp3) is 0.333. The molecule has 1 fully saturated rings. The van der Waals surface area contributed by atoms with Crippen molar-refractivity contribution < 1.29 is 12.8 Å². The molecule has 0 N–H and O–H groups in total. The molecule has 0 amide bonds. The molecule has 11 heteroatoms. The fourth-order valence-corrected chi connectivity index (χ4v) is 4.58. The molecule has 9 nitrogen and oxygen atoms in total. The molecule has 0 unspecified atom stereocenters. The highest BCUT2D eigenvalue weighted by molar-refractivity contribution is 7.89. The number of halogens is 1. The lowest BCUT2D eigenvalue weighted by molar-refractivity contribution is 0.188. The predicted molar refractivity (Wildman–Crippen MR) is 88.1 cm³/mol. The molecule has 26 heavy (non-hydrogen) atoms. The van der Waals surface area contributed by atoms with E-state index < -0.39 is 15.8 Å². The van der Waals surface area contributed by atoms with Crippen molar-refractivity contribution in [2.24, 2.45) is 0 Å². The topological polar surface area (TPSA) is 98.8 Å². The molecule has 0 saturated carbocycles. The molecule has 0 radical (unpaired) electrons. The first-order valence-electron chi connectivity index (χ1n) is 7.94. The highest BCUT2D eigenvalue weighted by atomic mass is 32.2. The second-order valence-corrected chi connectivity index (χ2v) is 8.04. The number of hydrogen-bond donors (Lipinski definition) is 0. The van der Waals surface area contributed by atoms with Crippen LogP contribution in [0.3, 0.4) is 0 Å². The van der Waals surface area contributed by atoms with Crippen molar-refractivity contribution in [2.75, 3.05) is 13.1 Å². The summed E-state index contributed by atoms with van der Waals surface area (Å²) in [5, 5.41) is 16.1. The quantitative estimate of drug-likeness (QED) is 0.646. The van der Waals surface area contributed by atoms with Crippen molar-refractivity contribution in [3.05, 3.63) is 53.9 Å². The molecular formula is C15H16FN7O2S. The lowest BCUT2D eigenvalue weighted by atomic mass is 10.2. The summed E-state index contributed by atoms with van der Waals surface area (Å²) in [4.78, 5) is 1.62. The van der Waals surface area contributed by atoms with Crippen LogP contribution in [0.15, 0.2) is 41.7 Å². The highest BCUT2D eigenvalue weighted by Crippen LogP contribution is 2.29. The van der Waals surface area contributed by atoms with Crippen molar-refractivity contribution in [3.8, 4) is 0 Å². The average molecular weight is 377 g/mol. The van der Waals surface area contributed by atoms with Crippen molar-refractivity contribution in [1.82, 2.24) is 34.3 Å². The summed E-state index contributed by atoms with van der Waals surface area (Å²) in [5.74, 6) is -0.454. The van der Waals surface area contributed by atoms with Crippen molar-refractivity contribution >= 4 is 10.0 Å². The van der Waals surface area contributed by atoms with Crippen molar-refractivity contribution in [2.45, 2.75) is 24.4 Å². The first-order valence-corrected chi connectivity index (χ1v) is 9.38. The van der Waals surface area contributed by atoms with Crippen LogP contribution in [0, 0.1) is 12.7 Å². The standard InChI is InChI=1S/C15H16FN7O2S/c1-11-6-12(16)2-3-15(11)26(24,25)21-9-14(10-21)22-7-13(19-20-22)8-23-17-4-5-18-23/h2-7,14H,8-10H2,1H3. The Bertz CT molecular complexity index is 1030. The van der Waals surface area contributed by atoms with Gasteiger partial charge in [0.2, 0.25) is 10.0 Å². The van der Waals surface area contributed by atoms with Crippen molar-refractivity contribution in [3.63, 3.8) is 0 Å². The number of aryl methyl sites for hydroxylation is 1. The molecule has 1 aliphatic rings. The predicted octanol–water partition coefficient (Wildman–Crippen LogP) is 0.611. The van der Waals surface area contributed by atoms with Crippen LogP contribution >= 0.6 is 0 Å². The van der Waals surface area contributed by atoms with Crippen LogP contribution in [0.2, 0.25) is 0 Å². The van der Waals surface area contributed by atoms with E-state index in [0.29, 0.717) is 30.9 Å². The van der Waals surface area contributed by atoms with Gasteiger partial charge in [0.05, 0.1) is 29.5 Å². The lowest BCUT2D eigenvalue weighted by Gasteiger charge is -2.37. The van der Waals surface area contributed by atoms with Gasteiger partial charge in [0.1, 0.15) is 18.1 Å². The lowest BCUT2D eigenvalue weighted by Crippen LogP contribution is -2.50. The van der Waals surface area contributed by atoms with E-state index >= 15 is 0 Å². The van der Waals surface area contributed by atoms with Gasteiger partial charge in [-0.1, -0.05) is 5.21 Å². The van der Waals surface area contributed by atoms with Gasteiger partial charge in [-0.25, -0.2) is 17.5 Å². The van der Waals surface area contributed by atoms with E-state index in [1.54, 1.807) is 30.2 Å². The van der Waals surface area contributed by atoms with Gasteiger partial charge in [-0.2, -0.15) is 19.3 Å². The Morgan fingerprint density at radius 3 is 2.65 bits per heavy atom. The van der Waals surface area contributed by atoms with Crippen LogP contribution in [-0.4, -0.2) is 55.8 Å². The number of aromatic nitrogens is 6. The summed E-state index contributed by atoms with van der Waals surface area (Å²) in [5.41, 5.74) is 1.08. The molecule has 136 valence electrons. The van der Waals surface area contributed by atoms with Gasteiger partial charge in [0.15, 0.2) is 0 Å². The number of rotatable bonds is 5.